The van der Waals surface area contributed by atoms with Gasteiger partial charge in [-0.2, -0.15) is 0 Å². The number of methoxy groups -OCH3 is 1. The molecule has 3 fully saturated rings. The molecular formula is C26H32N2O5. The van der Waals surface area contributed by atoms with Crippen molar-refractivity contribution in [2.75, 3.05) is 20.2 Å². The lowest BCUT2D eigenvalue weighted by atomic mass is 9.48. The van der Waals surface area contributed by atoms with E-state index in [9.17, 15) is 14.7 Å². The van der Waals surface area contributed by atoms with Gasteiger partial charge >= 0.3 is 5.97 Å². The summed E-state index contributed by atoms with van der Waals surface area (Å²) in [6, 6.07) is 4.18. The van der Waals surface area contributed by atoms with Crippen molar-refractivity contribution >= 4 is 11.9 Å². The summed E-state index contributed by atoms with van der Waals surface area (Å²) in [5.41, 5.74) is 2.15. The van der Waals surface area contributed by atoms with Gasteiger partial charge in [0.1, 0.15) is 11.9 Å². The quantitative estimate of drug-likeness (QED) is 0.523. The van der Waals surface area contributed by atoms with Crippen LogP contribution in [0.15, 0.2) is 24.3 Å². The predicted octanol–water partition coefficient (Wildman–Crippen LogP) is 1.77. The number of hydrogen-bond donors (Lipinski definition) is 2. The van der Waals surface area contributed by atoms with E-state index in [1.54, 1.807) is 0 Å². The number of carbonyl (C=O) groups excluding carboxylic acids is 2. The minimum Gasteiger partial charge on any atom is -0.487 e. The van der Waals surface area contributed by atoms with Crippen molar-refractivity contribution in [2.24, 2.45) is 5.92 Å². The van der Waals surface area contributed by atoms with Crippen LogP contribution >= 0.6 is 0 Å². The fourth-order valence-electron chi connectivity index (χ4n) is 7.22. The van der Waals surface area contributed by atoms with Crippen LogP contribution in [0.4, 0.5) is 0 Å². The van der Waals surface area contributed by atoms with Crippen LogP contribution in [0.1, 0.15) is 48.8 Å². The second kappa shape index (κ2) is 7.31. The van der Waals surface area contributed by atoms with Gasteiger partial charge in [0.2, 0.25) is 5.91 Å². The summed E-state index contributed by atoms with van der Waals surface area (Å²) >= 11 is 0. The molecule has 3 aliphatic carbocycles. The van der Waals surface area contributed by atoms with Crippen LogP contribution in [-0.2, 0) is 26.2 Å². The SMILES string of the molecule is COC(=O)/C=C/C(=O)N[C@@H]1CC[C@@]2(O)[C@H]3Cc4ccc(C)c5c4[C@@]2(CCN3CC2CC2)[C@H]1O5. The standard InChI is InChI=1S/C26H32N2O5/c1-15-3-6-17-13-19-26(31)10-9-18(27-20(29)7-8-21(30)32-2)24-25(26,22(17)23(15)33-24)11-12-28(19)14-16-4-5-16/h3,6-8,16,18-19,24,31H,4-5,9-14H2,1-2H3,(H,27,29)/b8-7+/t18-,19-,24+,25+,26-/m1/s1. The monoisotopic (exact) mass is 452 g/mol. The Labute approximate surface area is 194 Å². The molecular weight excluding hydrogens is 420 g/mol. The number of aryl methyl sites for hydroxylation is 1. The second-order valence-electron chi connectivity index (χ2n) is 10.6. The van der Waals surface area contributed by atoms with Crippen molar-refractivity contribution in [2.45, 2.75) is 74.7 Å². The first-order valence-corrected chi connectivity index (χ1v) is 12.2. The summed E-state index contributed by atoms with van der Waals surface area (Å²) in [6.07, 6.45) is 7.54. The number of benzene rings is 1. The topological polar surface area (TPSA) is 88.1 Å². The third-order valence-electron chi connectivity index (χ3n) is 8.88. The number of amides is 1. The Morgan fingerprint density at radius 3 is 2.85 bits per heavy atom. The number of likely N-dealkylation sites (tertiary alicyclic amines) is 1. The fraction of sp³-hybridized carbons (Fsp3) is 0.615. The molecule has 1 aromatic carbocycles. The van der Waals surface area contributed by atoms with E-state index in [1.165, 1.54) is 37.2 Å². The summed E-state index contributed by atoms with van der Waals surface area (Å²) in [5.74, 6) is 0.758. The molecule has 5 aliphatic rings. The first-order chi connectivity index (χ1) is 15.9. The number of nitrogens with one attached hydrogen (secondary N) is 1. The Balaban J connectivity index is 1.38. The van der Waals surface area contributed by atoms with E-state index >= 15 is 0 Å². The lowest BCUT2D eigenvalue weighted by molar-refractivity contribution is -0.192. The zero-order valence-corrected chi connectivity index (χ0v) is 19.3. The Morgan fingerprint density at radius 2 is 2.09 bits per heavy atom. The highest BCUT2D eigenvalue weighted by molar-refractivity contribution is 5.94. The Kier molecular flexibility index (Phi) is 4.69. The van der Waals surface area contributed by atoms with Gasteiger partial charge in [0.25, 0.3) is 0 Å². The van der Waals surface area contributed by atoms with Gasteiger partial charge in [-0.15, -0.1) is 0 Å². The van der Waals surface area contributed by atoms with E-state index in [0.717, 1.165) is 49.2 Å². The number of esters is 1. The third kappa shape index (κ3) is 2.94. The van der Waals surface area contributed by atoms with Gasteiger partial charge in [0.05, 0.1) is 24.2 Å². The first-order valence-electron chi connectivity index (χ1n) is 12.2. The van der Waals surface area contributed by atoms with Gasteiger partial charge in [-0.1, -0.05) is 12.1 Å². The highest BCUT2D eigenvalue weighted by Gasteiger charge is 2.72. The minimum atomic E-state index is -0.875. The largest absolute Gasteiger partial charge is 0.487 e. The maximum atomic E-state index is 12.6. The van der Waals surface area contributed by atoms with Gasteiger partial charge in [0.15, 0.2) is 0 Å². The van der Waals surface area contributed by atoms with Crippen molar-refractivity contribution in [3.8, 4) is 5.75 Å². The highest BCUT2D eigenvalue weighted by atomic mass is 16.5. The fourth-order valence-corrected chi connectivity index (χ4v) is 7.22. The normalized spacial score (nSPS) is 36.3. The molecule has 1 aromatic rings. The van der Waals surface area contributed by atoms with E-state index in [0.29, 0.717) is 12.8 Å². The van der Waals surface area contributed by atoms with Crippen molar-refractivity contribution in [1.82, 2.24) is 10.2 Å². The molecule has 1 amide bonds. The van der Waals surface area contributed by atoms with Crippen LogP contribution in [0.5, 0.6) is 5.75 Å². The number of rotatable bonds is 5. The van der Waals surface area contributed by atoms with Crippen LogP contribution in [0.2, 0.25) is 0 Å². The molecule has 0 unspecified atom stereocenters. The molecule has 7 nitrogen and oxygen atoms in total. The van der Waals surface area contributed by atoms with Crippen molar-refractivity contribution in [1.29, 1.82) is 0 Å². The Hall–Kier alpha value is -2.38. The average Bonchev–Trinajstić information content (AvgIpc) is 3.54. The number of nitrogens with zero attached hydrogens (tertiary/aromatic N) is 1. The zero-order chi connectivity index (χ0) is 23.0. The molecule has 2 N–H and O–H groups in total. The maximum absolute atomic E-state index is 12.6. The molecule has 176 valence electrons. The lowest BCUT2D eigenvalue weighted by Gasteiger charge is -2.64. The van der Waals surface area contributed by atoms with E-state index in [2.05, 4.69) is 34.0 Å². The Morgan fingerprint density at radius 1 is 1.27 bits per heavy atom. The van der Waals surface area contributed by atoms with E-state index in [4.69, 9.17) is 4.74 Å². The molecule has 5 atom stereocenters. The van der Waals surface area contributed by atoms with E-state index in [1.807, 2.05) is 0 Å². The molecule has 0 aromatic heterocycles. The summed E-state index contributed by atoms with van der Waals surface area (Å²) in [7, 11) is 1.28. The second-order valence-corrected chi connectivity index (χ2v) is 10.6. The third-order valence-corrected chi connectivity index (χ3v) is 8.88. The molecule has 33 heavy (non-hydrogen) atoms. The van der Waals surface area contributed by atoms with Crippen LogP contribution in [0.3, 0.4) is 0 Å². The van der Waals surface area contributed by atoms with Gasteiger partial charge in [0, 0.05) is 30.3 Å². The molecule has 1 spiro atoms. The predicted molar refractivity (Wildman–Crippen MR) is 121 cm³/mol. The first kappa shape index (κ1) is 21.2. The van der Waals surface area contributed by atoms with Crippen LogP contribution in [0, 0.1) is 12.8 Å². The van der Waals surface area contributed by atoms with Crippen LogP contribution < -0.4 is 10.1 Å². The number of hydrogen-bond acceptors (Lipinski definition) is 6. The molecule has 0 radical (unpaired) electrons. The van der Waals surface area contributed by atoms with Crippen molar-refractivity contribution in [3.05, 3.63) is 41.0 Å². The maximum Gasteiger partial charge on any atom is 0.330 e. The average molecular weight is 453 g/mol. The molecule has 6 rings (SSSR count). The van der Waals surface area contributed by atoms with Crippen LogP contribution in [-0.4, -0.2) is 65.9 Å². The zero-order valence-electron chi connectivity index (χ0n) is 19.3. The van der Waals surface area contributed by atoms with Gasteiger partial charge in [-0.25, -0.2) is 4.79 Å². The smallest absolute Gasteiger partial charge is 0.330 e. The van der Waals surface area contributed by atoms with Gasteiger partial charge < -0.3 is 19.9 Å². The lowest BCUT2D eigenvalue weighted by Crippen LogP contribution is -2.78. The number of carbonyl (C=O) groups is 2. The summed E-state index contributed by atoms with van der Waals surface area (Å²) in [4.78, 5) is 26.6. The number of piperidine rings is 1. The van der Waals surface area contributed by atoms with E-state index in [-0.39, 0.29) is 24.1 Å². The number of aliphatic hydroxyl groups is 1. The molecule has 2 saturated carbocycles. The minimum absolute atomic E-state index is 0.0787. The van der Waals surface area contributed by atoms with Crippen LogP contribution in [0.25, 0.3) is 0 Å². The molecule has 2 aliphatic heterocycles. The molecule has 1 saturated heterocycles. The molecule has 2 bridgehead atoms. The molecule has 7 heteroatoms. The molecule has 2 heterocycles. The van der Waals surface area contributed by atoms with Crippen molar-refractivity contribution < 1.29 is 24.2 Å². The van der Waals surface area contributed by atoms with Crippen molar-refractivity contribution in [3.63, 3.8) is 0 Å². The summed E-state index contributed by atoms with van der Waals surface area (Å²) in [6.45, 7) is 4.07. The Bertz CT molecular complexity index is 1050. The highest BCUT2D eigenvalue weighted by Crippen LogP contribution is 2.64. The van der Waals surface area contributed by atoms with Gasteiger partial charge in [-0.3, -0.25) is 9.69 Å². The van der Waals surface area contributed by atoms with E-state index < -0.39 is 17.0 Å². The number of ether oxygens (including phenoxy) is 2. The summed E-state index contributed by atoms with van der Waals surface area (Å²) in [5, 5.41) is 15.5. The van der Waals surface area contributed by atoms with Gasteiger partial charge in [-0.05, 0) is 69.0 Å². The summed E-state index contributed by atoms with van der Waals surface area (Å²) < 4.78 is 11.2.